The van der Waals surface area contributed by atoms with Gasteiger partial charge in [-0.15, -0.1) is 0 Å². The molecule has 0 saturated heterocycles. The first-order valence-electron chi connectivity index (χ1n) is 10.7. The van der Waals surface area contributed by atoms with E-state index < -0.39 is 0 Å². The molecule has 0 fully saturated rings. The standard InChI is InChI=1S/C26H31NO4/c1-8-30-26-20(16(4)5)13-19(15(2)3)14-22(26)25-21-12-18(9-10-23(21)31-27-25)17(6)11-24(28)29-7/h9-16H,8H2,1-7H3/b17-11+. The maximum absolute atomic E-state index is 11.7. The van der Waals surface area contributed by atoms with Crippen LogP contribution in [0.3, 0.4) is 0 Å². The quantitative estimate of drug-likeness (QED) is 0.313. The van der Waals surface area contributed by atoms with Crippen molar-refractivity contribution in [2.24, 2.45) is 0 Å². The van der Waals surface area contributed by atoms with E-state index in [-0.39, 0.29) is 5.97 Å². The van der Waals surface area contributed by atoms with E-state index in [2.05, 4.69) is 45.0 Å². The lowest BCUT2D eigenvalue weighted by Crippen LogP contribution is -2.03. The van der Waals surface area contributed by atoms with Gasteiger partial charge in [-0.05, 0) is 66.1 Å². The van der Waals surface area contributed by atoms with Crippen LogP contribution in [0.25, 0.3) is 27.8 Å². The van der Waals surface area contributed by atoms with Crippen molar-refractivity contribution in [2.45, 2.75) is 53.4 Å². The number of aromatic nitrogens is 1. The Labute approximate surface area is 184 Å². The molecule has 0 amide bonds. The number of esters is 1. The summed E-state index contributed by atoms with van der Waals surface area (Å²) >= 11 is 0. The number of allylic oxidation sites excluding steroid dienone is 1. The third-order valence-corrected chi connectivity index (χ3v) is 5.43. The van der Waals surface area contributed by atoms with Crippen LogP contribution in [0, 0.1) is 0 Å². The van der Waals surface area contributed by atoms with Crippen molar-refractivity contribution < 1.29 is 18.8 Å². The van der Waals surface area contributed by atoms with Crippen molar-refractivity contribution in [1.29, 1.82) is 0 Å². The lowest BCUT2D eigenvalue weighted by Gasteiger charge is -2.20. The van der Waals surface area contributed by atoms with Crippen molar-refractivity contribution >= 4 is 22.5 Å². The molecule has 2 aromatic carbocycles. The van der Waals surface area contributed by atoms with Crippen molar-refractivity contribution in [3.8, 4) is 17.0 Å². The van der Waals surface area contributed by atoms with Crippen molar-refractivity contribution in [3.05, 3.63) is 53.1 Å². The van der Waals surface area contributed by atoms with Gasteiger partial charge in [0, 0.05) is 11.6 Å². The Hall–Kier alpha value is -3.08. The SMILES string of the molecule is CCOc1c(-c2noc3ccc(/C(C)=C/C(=O)OC)cc23)cc(C(C)C)cc1C(C)C. The van der Waals surface area contributed by atoms with Crippen LogP contribution in [0.15, 0.2) is 40.9 Å². The van der Waals surface area contributed by atoms with E-state index >= 15 is 0 Å². The van der Waals surface area contributed by atoms with Crippen LogP contribution in [0.1, 0.15) is 70.1 Å². The number of fused-ring (bicyclic) bond motifs is 1. The molecule has 5 heteroatoms. The number of methoxy groups -OCH3 is 1. The van der Waals surface area contributed by atoms with Gasteiger partial charge in [0.05, 0.1) is 19.1 Å². The van der Waals surface area contributed by atoms with Crippen LogP contribution in [-0.4, -0.2) is 24.8 Å². The molecule has 31 heavy (non-hydrogen) atoms. The third-order valence-electron chi connectivity index (χ3n) is 5.43. The van der Waals surface area contributed by atoms with Crippen LogP contribution in [0.2, 0.25) is 0 Å². The highest BCUT2D eigenvalue weighted by atomic mass is 16.5. The molecule has 0 saturated carbocycles. The van der Waals surface area contributed by atoms with Gasteiger partial charge in [0.2, 0.25) is 0 Å². The van der Waals surface area contributed by atoms with E-state index in [1.54, 1.807) is 0 Å². The second kappa shape index (κ2) is 9.38. The van der Waals surface area contributed by atoms with Gasteiger partial charge >= 0.3 is 5.97 Å². The molecule has 3 aromatic rings. The minimum atomic E-state index is -0.381. The van der Waals surface area contributed by atoms with E-state index in [1.165, 1.54) is 18.7 Å². The van der Waals surface area contributed by atoms with Crippen LogP contribution in [0.5, 0.6) is 5.75 Å². The van der Waals surface area contributed by atoms with E-state index in [0.717, 1.165) is 39.1 Å². The minimum Gasteiger partial charge on any atom is -0.493 e. The van der Waals surface area contributed by atoms with Gasteiger partial charge in [0.15, 0.2) is 5.58 Å². The smallest absolute Gasteiger partial charge is 0.330 e. The van der Waals surface area contributed by atoms with Gasteiger partial charge in [-0.25, -0.2) is 4.79 Å². The Kier molecular flexibility index (Phi) is 6.84. The number of hydrogen-bond acceptors (Lipinski definition) is 5. The van der Waals surface area contributed by atoms with E-state index in [1.807, 2.05) is 32.0 Å². The molecule has 0 unspecified atom stereocenters. The second-order valence-corrected chi connectivity index (χ2v) is 8.32. The number of hydrogen-bond donors (Lipinski definition) is 0. The Bertz CT molecular complexity index is 1120. The molecule has 1 aromatic heterocycles. The molecule has 0 aliphatic heterocycles. The Morgan fingerprint density at radius 3 is 2.48 bits per heavy atom. The summed E-state index contributed by atoms with van der Waals surface area (Å²) in [5, 5.41) is 5.30. The van der Waals surface area contributed by atoms with Gasteiger partial charge in [0.25, 0.3) is 0 Å². The highest BCUT2D eigenvalue weighted by Crippen LogP contribution is 2.42. The summed E-state index contributed by atoms with van der Waals surface area (Å²) in [7, 11) is 1.37. The molecule has 0 radical (unpaired) electrons. The summed E-state index contributed by atoms with van der Waals surface area (Å²) in [6.45, 7) is 13.2. The fourth-order valence-electron chi connectivity index (χ4n) is 3.62. The fraction of sp³-hybridized carbons (Fsp3) is 0.385. The van der Waals surface area contributed by atoms with E-state index in [4.69, 9.17) is 14.0 Å². The van der Waals surface area contributed by atoms with E-state index in [0.29, 0.717) is 24.0 Å². The topological polar surface area (TPSA) is 61.6 Å². The normalized spacial score (nSPS) is 12.1. The zero-order chi connectivity index (χ0) is 22.7. The number of carbonyl (C=O) groups excluding carboxylic acids is 1. The molecule has 0 aliphatic carbocycles. The van der Waals surface area contributed by atoms with Crippen LogP contribution < -0.4 is 4.74 Å². The lowest BCUT2D eigenvalue weighted by atomic mass is 9.90. The summed E-state index contributed by atoms with van der Waals surface area (Å²) < 4.78 is 16.5. The molecule has 5 nitrogen and oxygen atoms in total. The molecule has 0 atom stereocenters. The lowest BCUT2D eigenvalue weighted by molar-refractivity contribution is -0.134. The summed E-state index contributed by atoms with van der Waals surface area (Å²) in [6, 6.07) is 10.2. The van der Waals surface area contributed by atoms with Gasteiger partial charge < -0.3 is 14.0 Å². The third kappa shape index (κ3) is 4.66. The molecule has 0 aliphatic rings. The van der Waals surface area contributed by atoms with Crippen molar-refractivity contribution in [2.75, 3.05) is 13.7 Å². The Morgan fingerprint density at radius 1 is 1.13 bits per heavy atom. The number of rotatable bonds is 7. The average Bonchev–Trinajstić information content (AvgIpc) is 3.16. The fourth-order valence-corrected chi connectivity index (χ4v) is 3.62. The van der Waals surface area contributed by atoms with Crippen molar-refractivity contribution in [1.82, 2.24) is 5.16 Å². The van der Waals surface area contributed by atoms with Gasteiger partial charge in [-0.1, -0.05) is 45.0 Å². The summed E-state index contributed by atoms with van der Waals surface area (Å²) in [4.78, 5) is 11.7. The summed E-state index contributed by atoms with van der Waals surface area (Å²) in [5.41, 5.74) is 6.48. The molecule has 0 spiro atoms. The monoisotopic (exact) mass is 421 g/mol. The zero-order valence-electron chi connectivity index (χ0n) is 19.4. The number of benzene rings is 2. The maximum atomic E-state index is 11.7. The van der Waals surface area contributed by atoms with Gasteiger partial charge in [-0.2, -0.15) is 0 Å². The highest BCUT2D eigenvalue weighted by Gasteiger charge is 2.22. The first-order chi connectivity index (χ1) is 14.8. The zero-order valence-corrected chi connectivity index (χ0v) is 19.4. The molecule has 3 rings (SSSR count). The summed E-state index contributed by atoms with van der Waals surface area (Å²) in [5.74, 6) is 1.14. The van der Waals surface area contributed by atoms with Crippen LogP contribution in [0.4, 0.5) is 0 Å². The molecule has 164 valence electrons. The largest absolute Gasteiger partial charge is 0.493 e. The van der Waals surface area contributed by atoms with Crippen molar-refractivity contribution in [3.63, 3.8) is 0 Å². The van der Waals surface area contributed by atoms with Crippen LogP contribution in [-0.2, 0) is 9.53 Å². The molecular formula is C26H31NO4. The average molecular weight is 422 g/mol. The first kappa shape index (κ1) is 22.6. The predicted molar refractivity (Wildman–Crippen MR) is 124 cm³/mol. The highest BCUT2D eigenvalue weighted by molar-refractivity contribution is 5.97. The molecule has 0 bridgehead atoms. The minimum absolute atomic E-state index is 0.304. The summed E-state index contributed by atoms with van der Waals surface area (Å²) in [6.07, 6.45) is 1.48. The second-order valence-electron chi connectivity index (χ2n) is 8.32. The molecular weight excluding hydrogens is 390 g/mol. The first-order valence-corrected chi connectivity index (χ1v) is 10.7. The number of ether oxygens (including phenoxy) is 2. The number of carbonyl (C=O) groups is 1. The Morgan fingerprint density at radius 2 is 1.87 bits per heavy atom. The predicted octanol–water partition coefficient (Wildman–Crippen LogP) is 6.72. The maximum Gasteiger partial charge on any atom is 0.330 e. The van der Waals surface area contributed by atoms with Gasteiger partial charge in [0.1, 0.15) is 11.4 Å². The Balaban J connectivity index is 2.26. The van der Waals surface area contributed by atoms with Gasteiger partial charge in [-0.3, -0.25) is 0 Å². The molecule has 0 N–H and O–H groups in total. The number of nitrogens with zero attached hydrogens (tertiary/aromatic N) is 1. The van der Waals surface area contributed by atoms with Crippen LogP contribution >= 0.6 is 0 Å². The van der Waals surface area contributed by atoms with E-state index in [9.17, 15) is 4.79 Å². The molecule has 1 heterocycles.